The fraction of sp³-hybridized carbons (Fsp3) is 0.424. The fourth-order valence-electron chi connectivity index (χ4n) is 4.89. The van der Waals surface area contributed by atoms with Crippen molar-refractivity contribution in [2.24, 2.45) is 5.92 Å². The molecule has 0 saturated carbocycles. The van der Waals surface area contributed by atoms with Gasteiger partial charge in [0, 0.05) is 24.1 Å². The molecular formula is C33H41ClFN5O6. The first kappa shape index (κ1) is 36.0. The number of esters is 1. The predicted molar refractivity (Wildman–Crippen MR) is 171 cm³/mol. The maximum atomic E-state index is 13.9. The Morgan fingerprint density at radius 2 is 1.78 bits per heavy atom. The molecule has 13 heteroatoms. The third-order valence-corrected chi connectivity index (χ3v) is 7.64. The van der Waals surface area contributed by atoms with E-state index in [-0.39, 0.29) is 31.1 Å². The molecule has 46 heavy (non-hydrogen) atoms. The quantitative estimate of drug-likeness (QED) is 0.248. The van der Waals surface area contributed by atoms with Crippen molar-refractivity contribution < 1.29 is 33.1 Å². The Morgan fingerprint density at radius 3 is 2.46 bits per heavy atom. The van der Waals surface area contributed by atoms with Crippen molar-refractivity contribution in [3.05, 3.63) is 82.6 Å². The van der Waals surface area contributed by atoms with E-state index in [1.165, 1.54) is 31.4 Å². The van der Waals surface area contributed by atoms with Gasteiger partial charge in [-0.25, -0.2) is 14.0 Å². The van der Waals surface area contributed by atoms with Crippen LogP contribution in [0.5, 0.6) is 0 Å². The second-order valence-electron chi connectivity index (χ2n) is 11.4. The topological polar surface area (TPSA) is 155 Å². The van der Waals surface area contributed by atoms with Gasteiger partial charge in [0.2, 0.25) is 17.7 Å². The minimum absolute atomic E-state index is 0.0618. The molecule has 0 saturated heterocycles. The Morgan fingerprint density at radius 1 is 1.04 bits per heavy atom. The third kappa shape index (κ3) is 11.8. The normalized spacial score (nSPS) is 19.3. The largest absolute Gasteiger partial charge is 0.467 e. The molecule has 2 aromatic carbocycles. The molecule has 1 heterocycles. The summed E-state index contributed by atoms with van der Waals surface area (Å²) in [5.41, 5.74) is 1.30. The smallest absolute Gasteiger partial charge is 0.328 e. The Hall–Kier alpha value is -4.45. The van der Waals surface area contributed by atoms with Crippen LogP contribution >= 0.6 is 11.6 Å². The highest BCUT2D eigenvalue weighted by Gasteiger charge is 2.30. The van der Waals surface area contributed by atoms with Gasteiger partial charge in [-0.15, -0.1) is 0 Å². The van der Waals surface area contributed by atoms with E-state index in [0.29, 0.717) is 35.5 Å². The van der Waals surface area contributed by atoms with E-state index in [2.05, 4.69) is 26.6 Å². The molecular weight excluding hydrogens is 617 g/mol. The Labute approximate surface area is 273 Å². The number of urea groups is 1. The van der Waals surface area contributed by atoms with Crippen LogP contribution in [0.2, 0.25) is 5.02 Å². The van der Waals surface area contributed by atoms with Gasteiger partial charge in [0.1, 0.15) is 23.9 Å². The van der Waals surface area contributed by atoms with Crippen LogP contribution in [0.3, 0.4) is 0 Å². The van der Waals surface area contributed by atoms with Gasteiger partial charge in [-0.05, 0) is 67.0 Å². The molecule has 4 atom stereocenters. The number of rotatable bonds is 10. The van der Waals surface area contributed by atoms with Gasteiger partial charge in [0.15, 0.2) is 0 Å². The molecule has 3 rings (SSSR count). The third-order valence-electron chi connectivity index (χ3n) is 7.39. The molecule has 5 amide bonds. The summed E-state index contributed by atoms with van der Waals surface area (Å²) >= 11 is 6.03. The molecule has 248 valence electrons. The van der Waals surface area contributed by atoms with Crippen LogP contribution in [0.15, 0.2) is 60.7 Å². The summed E-state index contributed by atoms with van der Waals surface area (Å²) in [5.74, 6) is -2.79. The van der Waals surface area contributed by atoms with Gasteiger partial charge >= 0.3 is 12.0 Å². The molecule has 1 aliphatic heterocycles. The van der Waals surface area contributed by atoms with E-state index >= 15 is 0 Å². The van der Waals surface area contributed by atoms with Gasteiger partial charge in [-0.1, -0.05) is 55.8 Å². The Bertz CT molecular complexity index is 1400. The summed E-state index contributed by atoms with van der Waals surface area (Å²) < 4.78 is 18.7. The minimum atomic E-state index is -1.14. The lowest BCUT2D eigenvalue weighted by Gasteiger charge is -2.26. The highest BCUT2D eigenvalue weighted by molar-refractivity contribution is 6.30. The molecule has 1 aliphatic rings. The number of methoxy groups -OCH3 is 1. The number of nitrogens with one attached hydrogen (secondary N) is 5. The first-order valence-corrected chi connectivity index (χ1v) is 15.5. The highest BCUT2D eigenvalue weighted by atomic mass is 35.5. The summed E-state index contributed by atoms with van der Waals surface area (Å²) in [7, 11) is 1.22. The van der Waals surface area contributed by atoms with Crippen LogP contribution in [0.1, 0.15) is 44.2 Å². The van der Waals surface area contributed by atoms with Gasteiger partial charge in [-0.2, -0.15) is 0 Å². The second kappa shape index (κ2) is 17.9. The zero-order valence-electron chi connectivity index (χ0n) is 26.1. The molecule has 0 bridgehead atoms. The fourth-order valence-corrected chi connectivity index (χ4v) is 5.01. The maximum Gasteiger partial charge on any atom is 0.328 e. The van der Waals surface area contributed by atoms with E-state index in [0.717, 1.165) is 0 Å². The minimum Gasteiger partial charge on any atom is -0.467 e. The number of carbonyl (C=O) groups is 5. The summed E-state index contributed by atoms with van der Waals surface area (Å²) in [5, 5.41) is 14.1. The summed E-state index contributed by atoms with van der Waals surface area (Å²) in [6, 6.07) is 8.14. The van der Waals surface area contributed by atoms with Crippen LogP contribution in [-0.4, -0.2) is 67.5 Å². The lowest BCUT2D eigenvalue weighted by Crippen LogP contribution is -2.58. The SMILES string of the molecule is COC(=O)C(NC(=O)NC(Cc1ccc(Cl)cc1)C(=O)N[C@H]1CCCCNC(=O)/C=C/[C@H](Cc2cccc(F)c2)NC1=O)C(C)C. The van der Waals surface area contributed by atoms with Crippen molar-refractivity contribution in [1.82, 2.24) is 26.6 Å². The summed E-state index contributed by atoms with van der Waals surface area (Å²) in [6.45, 7) is 3.85. The number of hydrogen-bond acceptors (Lipinski definition) is 6. The molecule has 5 N–H and O–H groups in total. The molecule has 2 aromatic rings. The van der Waals surface area contributed by atoms with E-state index < -0.39 is 53.8 Å². The number of halogens is 2. The molecule has 11 nitrogen and oxygen atoms in total. The zero-order valence-corrected chi connectivity index (χ0v) is 26.9. The van der Waals surface area contributed by atoms with Crippen LogP contribution in [0.25, 0.3) is 0 Å². The number of benzene rings is 2. The number of hydrogen-bond donors (Lipinski definition) is 5. The van der Waals surface area contributed by atoms with E-state index in [1.807, 2.05) is 0 Å². The molecule has 0 spiro atoms. The molecule has 0 fully saturated rings. The van der Waals surface area contributed by atoms with Crippen LogP contribution in [0.4, 0.5) is 9.18 Å². The zero-order chi connectivity index (χ0) is 33.6. The van der Waals surface area contributed by atoms with Crippen LogP contribution in [0, 0.1) is 11.7 Å². The molecule has 0 aliphatic carbocycles. The highest BCUT2D eigenvalue weighted by Crippen LogP contribution is 2.13. The molecule has 0 aromatic heterocycles. The van der Waals surface area contributed by atoms with Crippen molar-refractivity contribution in [2.75, 3.05) is 13.7 Å². The number of carbonyl (C=O) groups excluding carboxylic acids is 5. The monoisotopic (exact) mass is 657 g/mol. The van der Waals surface area contributed by atoms with Crippen LogP contribution in [-0.2, 0) is 36.8 Å². The second-order valence-corrected chi connectivity index (χ2v) is 11.8. The van der Waals surface area contributed by atoms with Gasteiger partial charge in [0.05, 0.1) is 13.2 Å². The first-order chi connectivity index (χ1) is 21.9. The van der Waals surface area contributed by atoms with Crippen molar-refractivity contribution in [3.8, 4) is 0 Å². The summed E-state index contributed by atoms with van der Waals surface area (Å²) in [6.07, 6.45) is 4.43. The molecule has 0 radical (unpaired) electrons. The van der Waals surface area contributed by atoms with Crippen molar-refractivity contribution in [2.45, 2.75) is 70.1 Å². The number of ether oxygens (including phenoxy) is 1. The first-order valence-electron chi connectivity index (χ1n) is 15.2. The average Bonchev–Trinajstić information content (AvgIpc) is 3.01. The van der Waals surface area contributed by atoms with Crippen molar-refractivity contribution >= 4 is 41.3 Å². The van der Waals surface area contributed by atoms with Crippen LogP contribution < -0.4 is 26.6 Å². The number of amides is 5. The maximum absolute atomic E-state index is 13.9. The Balaban J connectivity index is 1.82. The lowest BCUT2D eigenvalue weighted by molar-refractivity contribution is -0.144. The van der Waals surface area contributed by atoms with Crippen molar-refractivity contribution in [1.29, 1.82) is 0 Å². The van der Waals surface area contributed by atoms with E-state index in [9.17, 15) is 28.4 Å². The lowest BCUT2D eigenvalue weighted by atomic mass is 10.0. The van der Waals surface area contributed by atoms with Crippen molar-refractivity contribution in [3.63, 3.8) is 0 Å². The van der Waals surface area contributed by atoms with E-state index in [1.54, 1.807) is 50.2 Å². The predicted octanol–water partition coefficient (Wildman–Crippen LogP) is 2.96. The van der Waals surface area contributed by atoms with E-state index in [4.69, 9.17) is 16.3 Å². The van der Waals surface area contributed by atoms with Gasteiger partial charge < -0.3 is 31.3 Å². The molecule has 2 unspecified atom stereocenters. The standard InChI is InChI=1S/C33H41ClFN5O6/c1-20(2)29(32(44)46-3)40-33(45)39-27(19-21-10-12-23(34)13-11-21)31(43)38-26-9-4-5-16-36-28(41)15-14-25(37-30(26)42)18-22-7-6-8-24(35)17-22/h6-8,10-15,17,20,25-27,29H,4-5,9,16,18-19H2,1-3H3,(H,36,41)(H,37,42)(H,38,43)(H2,39,40,45)/b15-14+/t25-,26+,27?,29?/m1/s1. The van der Waals surface area contributed by atoms with Gasteiger partial charge in [0.25, 0.3) is 0 Å². The Kier molecular flexibility index (Phi) is 14.0. The van der Waals surface area contributed by atoms with Gasteiger partial charge in [-0.3, -0.25) is 14.4 Å². The summed E-state index contributed by atoms with van der Waals surface area (Å²) in [4.78, 5) is 64.8. The average molecular weight is 658 g/mol.